The number of aromatic nitrogens is 2. The molecule has 6 heteroatoms. The molecule has 6 nitrogen and oxygen atoms in total. The van der Waals surface area contributed by atoms with Crippen molar-refractivity contribution in [2.45, 2.75) is 33.2 Å². The van der Waals surface area contributed by atoms with Crippen molar-refractivity contribution >= 4 is 17.5 Å². The quantitative estimate of drug-likeness (QED) is 0.624. The summed E-state index contributed by atoms with van der Waals surface area (Å²) in [6.07, 6.45) is 3.70. The summed E-state index contributed by atoms with van der Waals surface area (Å²) < 4.78 is 10.8. The number of benzene rings is 2. The van der Waals surface area contributed by atoms with Crippen LogP contribution in [0, 0.1) is 0 Å². The van der Waals surface area contributed by atoms with Gasteiger partial charge in [-0.25, -0.2) is 4.98 Å². The summed E-state index contributed by atoms with van der Waals surface area (Å²) >= 11 is 0. The van der Waals surface area contributed by atoms with Crippen LogP contribution in [0.5, 0.6) is 11.5 Å². The smallest absolute Gasteiger partial charge is 0.231 e. The fourth-order valence-electron chi connectivity index (χ4n) is 3.28. The molecule has 2 heterocycles. The van der Waals surface area contributed by atoms with Crippen molar-refractivity contribution in [2.75, 3.05) is 17.4 Å². The first-order valence-corrected chi connectivity index (χ1v) is 9.60. The molecule has 0 bridgehead atoms. The number of nitrogens with one attached hydrogen (secondary N) is 2. The number of rotatable bonds is 7. The third kappa shape index (κ3) is 3.86. The van der Waals surface area contributed by atoms with Gasteiger partial charge < -0.3 is 20.1 Å². The average molecular weight is 376 g/mol. The fourth-order valence-corrected chi connectivity index (χ4v) is 3.28. The molecule has 1 aliphatic rings. The van der Waals surface area contributed by atoms with Crippen LogP contribution < -0.4 is 20.1 Å². The van der Waals surface area contributed by atoms with E-state index in [1.54, 1.807) is 6.20 Å². The van der Waals surface area contributed by atoms with Crippen molar-refractivity contribution in [2.24, 2.45) is 0 Å². The third-order valence-electron chi connectivity index (χ3n) is 4.80. The lowest BCUT2D eigenvalue weighted by Crippen LogP contribution is -2.06. The summed E-state index contributed by atoms with van der Waals surface area (Å²) in [7, 11) is 0. The number of ether oxygens (including phenoxy) is 2. The predicted octanol–water partition coefficient (Wildman–Crippen LogP) is 4.69. The monoisotopic (exact) mass is 376 g/mol. The van der Waals surface area contributed by atoms with Crippen LogP contribution in [0.3, 0.4) is 0 Å². The maximum atomic E-state index is 5.43. The summed E-state index contributed by atoms with van der Waals surface area (Å²) in [5, 5.41) is 6.76. The van der Waals surface area contributed by atoms with Gasteiger partial charge in [0.1, 0.15) is 5.82 Å². The SMILES string of the molecule is CCc1cccc(CC)c1Nc1ccnc(NCc2ccc3c(c2)OCO3)n1. The Morgan fingerprint density at radius 2 is 1.75 bits per heavy atom. The molecule has 2 aromatic carbocycles. The highest BCUT2D eigenvalue weighted by molar-refractivity contribution is 5.65. The minimum absolute atomic E-state index is 0.280. The van der Waals surface area contributed by atoms with Crippen LogP contribution in [0.25, 0.3) is 0 Å². The second-order valence-electron chi connectivity index (χ2n) is 6.59. The van der Waals surface area contributed by atoms with Crippen molar-refractivity contribution in [3.63, 3.8) is 0 Å². The Morgan fingerprint density at radius 3 is 2.54 bits per heavy atom. The third-order valence-corrected chi connectivity index (χ3v) is 4.80. The Bertz CT molecular complexity index is 952. The highest BCUT2D eigenvalue weighted by atomic mass is 16.7. The summed E-state index contributed by atoms with van der Waals surface area (Å²) in [5.41, 5.74) is 4.80. The van der Waals surface area contributed by atoms with E-state index in [4.69, 9.17) is 9.47 Å². The number of hydrogen-bond donors (Lipinski definition) is 2. The van der Waals surface area contributed by atoms with E-state index in [1.807, 2.05) is 24.3 Å². The van der Waals surface area contributed by atoms with Crippen molar-refractivity contribution in [3.05, 3.63) is 65.4 Å². The van der Waals surface area contributed by atoms with Gasteiger partial charge in [-0.2, -0.15) is 4.98 Å². The number of anilines is 3. The lowest BCUT2D eigenvalue weighted by atomic mass is 10.0. The van der Waals surface area contributed by atoms with Gasteiger partial charge in [-0.05, 0) is 47.7 Å². The van der Waals surface area contributed by atoms with Crippen LogP contribution in [-0.4, -0.2) is 16.8 Å². The van der Waals surface area contributed by atoms with E-state index < -0.39 is 0 Å². The second-order valence-corrected chi connectivity index (χ2v) is 6.59. The van der Waals surface area contributed by atoms with Crippen molar-refractivity contribution < 1.29 is 9.47 Å². The molecule has 0 atom stereocenters. The topological polar surface area (TPSA) is 68.3 Å². The van der Waals surface area contributed by atoms with Gasteiger partial charge in [0.15, 0.2) is 11.5 Å². The molecule has 4 rings (SSSR count). The lowest BCUT2D eigenvalue weighted by molar-refractivity contribution is 0.174. The number of nitrogens with zero attached hydrogens (tertiary/aromatic N) is 2. The van der Waals surface area contributed by atoms with Gasteiger partial charge in [-0.1, -0.05) is 38.1 Å². The number of hydrogen-bond acceptors (Lipinski definition) is 6. The van der Waals surface area contributed by atoms with Gasteiger partial charge in [0, 0.05) is 18.4 Å². The van der Waals surface area contributed by atoms with E-state index in [1.165, 1.54) is 11.1 Å². The minimum atomic E-state index is 0.280. The van der Waals surface area contributed by atoms with Crippen molar-refractivity contribution in [3.8, 4) is 11.5 Å². The molecular weight excluding hydrogens is 352 g/mol. The van der Waals surface area contributed by atoms with Crippen LogP contribution in [0.2, 0.25) is 0 Å². The molecule has 3 aromatic rings. The molecule has 0 aliphatic carbocycles. The Morgan fingerprint density at radius 1 is 0.964 bits per heavy atom. The molecule has 144 valence electrons. The van der Waals surface area contributed by atoms with Crippen LogP contribution in [0.1, 0.15) is 30.5 Å². The predicted molar refractivity (Wildman–Crippen MR) is 110 cm³/mol. The van der Waals surface area contributed by atoms with E-state index in [2.05, 4.69) is 52.6 Å². The number of fused-ring (bicyclic) bond motifs is 1. The lowest BCUT2D eigenvalue weighted by Gasteiger charge is -2.15. The molecular formula is C22H24N4O2. The maximum absolute atomic E-state index is 5.43. The van der Waals surface area contributed by atoms with Gasteiger partial charge in [0.2, 0.25) is 12.7 Å². The molecule has 1 aromatic heterocycles. The molecule has 0 fully saturated rings. The molecule has 0 saturated carbocycles. The zero-order valence-corrected chi connectivity index (χ0v) is 16.2. The van der Waals surface area contributed by atoms with E-state index in [-0.39, 0.29) is 6.79 Å². The van der Waals surface area contributed by atoms with Crippen LogP contribution in [0.4, 0.5) is 17.5 Å². The van der Waals surface area contributed by atoms with E-state index in [0.29, 0.717) is 12.5 Å². The van der Waals surface area contributed by atoms with Crippen LogP contribution in [-0.2, 0) is 19.4 Å². The second kappa shape index (κ2) is 8.17. The molecule has 1 aliphatic heterocycles. The maximum Gasteiger partial charge on any atom is 0.231 e. The standard InChI is InChI=1S/C22H24N4O2/c1-3-16-6-5-7-17(4-2)21(16)25-20-10-11-23-22(26-20)24-13-15-8-9-18-19(12-15)28-14-27-18/h5-12H,3-4,13-14H2,1-2H3,(H2,23,24,25,26). The van der Waals surface area contributed by atoms with E-state index in [0.717, 1.165) is 41.4 Å². The normalized spacial score (nSPS) is 12.1. The Kier molecular flexibility index (Phi) is 5.28. The molecule has 0 amide bonds. The number of para-hydroxylation sites is 1. The van der Waals surface area contributed by atoms with Gasteiger partial charge in [-0.3, -0.25) is 0 Å². The Hall–Kier alpha value is -3.28. The largest absolute Gasteiger partial charge is 0.454 e. The Labute approximate surface area is 164 Å². The first kappa shape index (κ1) is 18.1. The van der Waals surface area contributed by atoms with E-state index >= 15 is 0 Å². The summed E-state index contributed by atoms with van der Waals surface area (Å²) in [6.45, 7) is 5.21. The molecule has 28 heavy (non-hydrogen) atoms. The highest BCUT2D eigenvalue weighted by Gasteiger charge is 2.13. The fraction of sp³-hybridized carbons (Fsp3) is 0.273. The average Bonchev–Trinajstić information content (AvgIpc) is 3.20. The van der Waals surface area contributed by atoms with Gasteiger partial charge in [0.25, 0.3) is 0 Å². The molecule has 0 unspecified atom stereocenters. The van der Waals surface area contributed by atoms with Crippen LogP contribution >= 0.6 is 0 Å². The number of aryl methyl sites for hydroxylation is 2. The van der Waals surface area contributed by atoms with Gasteiger partial charge in [-0.15, -0.1) is 0 Å². The molecule has 0 spiro atoms. The van der Waals surface area contributed by atoms with Gasteiger partial charge >= 0.3 is 0 Å². The van der Waals surface area contributed by atoms with Gasteiger partial charge in [0.05, 0.1) is 0 Å². The zero-order chi connectivity index (χ0) is 19.3. The molecule has 2 N–H and O–H groups in total. The summed E-state index contributed by atoms with van der Waals surface area (Å²) in [5.74, 6) is 2.92. The summed E-state index contributed by atoms with van der Waals surface area (Å²) in [4.78, 5) is 8.95. The molecule has 0 radical (unpaired) electrons. The molecule has 0 saturated heterocycles. The first-order valence-electron chi connectivity index (χ1n) is 9.60. The highest BCUT2D eigenvalue weighted by Crippen LogP contribution is 2.32. The first-order chi connectivity index (χ1) is 13.8. The minimum Gasteiger partial charge on any atom is -0.454 e. The van der Waals surface area contributed by atoms with E-state index in [9.17, 15) is 0 Å². The Balaban J connectivity index is 1.48. The van der Waals surface area contributed by atoms with Crippen LogP contribution in [0.15, 0.2) is 48.7 Å². The summed E-state index contributed by atoms with van der Waals surface area (Å²) in [6, 6.07) is 14.2. The van der Waals surface area contributed by atoms with Crippen molar-refractivity contribution in [1.29, 1.82) is 0 Å². The zero-order valence-electron chi connectivity index (χ0n) is 16.2. The van der Waals surface area contributed by atoms with Crippen molar-refractivity contribution in [1.82, 2.24) is 9.97 Å².